The van der Waals surface area contributed by atoms with Crippen molar-refractivity contribution in [2.45, 2.75) is 44.7 Å². The highest BCUT2D eigenvalue weighted by molar-refractivity contribution is 6.30. The molecular weight excluding hydrogens is 260 g/mol. The molecule has 0 aliphatic carbocycles. The van der Waals surface area contributed by atoms with Gasteiger partial charge in [0, 0.05) is 5.02 Å². The second kappa shape index (κ2) is 6.92. The van der Waals surface area contributed by atoms with E-state index in [0.29, 0.717) is 5.02 Å². The molecule has 1 aliphatic rings. The Kier molecular flexibility index (Phi) is 5.23. The molecule has 19 heavy (non-hydrogen) atoms. The van der Waals surface area contributed by atoms with Crippen LogP contribution in [0.2, 0.25) is 5.02 Å². The minimum Gasteiger partial charge on any atom is -0.348 e. The van der Waals surface area contributed by atoms with Gasteiger partial charge in [0.25, 0.3) is 0 Å². The molecule has 1 aliphatic heterocycles. The summed E-state index contributed by atoms with van der Waals surface area (Å²) in [5.41, 5.74) is 1.04. The third kappa shape index (κ3) is 4.22. The van der Waals surface area contributed by atoms with Crippen LogP contribution in [0.1, 0.15) is 44.2 Å². The first-order valence-electron chi connectivity index (χ1n) is 6.96. The zero-order valence-corrected chi connectivity index (χ0v) is 12.0. The third-order valence-corrected chi connectivity index (χ3v) is 3.82. The Hall–Kier alpha value is -1.06. The van der Waals surface area contributed by atoms with Gasteiger partial charge in [-0.25, -0.2) is 0 Å². The fraction of sp³-hybridized carbons (Fsp3) is 0.533. The standard InChI is InChI=1S/C15H21ClN2O/c1-11(12-6-5-7-13(16)10-12)18-15(19)14-8-3-2-4-9-17-14/h5-7,10-11,14,17H,2-4,8-9H2,1H3,(H,18,19). The molecule has 2 atom stereocenters. The molecular formula is C15H21ClN2O. The molecule has 2 N–H and O–H groups in total. The van der Waals surface area contributed by atoms with E-state index < -0.39 is 0 Å². The van der Waals surface area contributed by atoms with Crippen molar-refractivity contribution in [1.29, 1.82) is 0 Å². The normalized spacial score (nSPS) is 21.5. The van der Waals surface area contributed by atoms with E-state index >= 15 is 0 Å². The van der Waals surface area contributed by atoms with E-state index in [0.717, 1.165) is 31.4 Å². The molecule has 0 bridgehead atoms. The molecule has 1 amide bonds. The fourth-order valence-electron chi connectivity index (χ4n) is 2.43. The molecule has 1 aromatic rings. The lowest BCUT2D eigenvalue weighted by Gasteiger charge is -2.20. The van der Waals surface area contributed by atoms with Crippen LogP contribution in [0, 0.1) is 0 Å². The van der Waals surface area contributed by atoms with Gasteiger partial charge < -0.3 is 10.6 Å². The van der Waals surface area contributed by atoms with Gasteiger partial charge in [0.15, 0.2) is 0 Å². The lowest BCUT2D eigenvalue weighted by molar-refractivity contribution is -0.123. The van der Waals surface area contributed by atoms with E-state index in [1.54, 1.807) is 0 Å². The topological polar surface area (TPSA) is 41.1 Å². The predicted octanol–water partition coefficient (Wildman–Crippen LogP) is 3.05. The van der Waals surface area contributed by atoms with Gasteiger partial charge in [-0.1, -0.05) is 36.6 Å². The Morgan fingerprint density at radius 1 is 1.42 bits per heavy atom. The predicted molar refractivity (Wildman–Crippen MR) is 78.3 cm³/mol. The summed E-state index contributed by atoms with van der Waals surface area (Å²) in [7, 11) is 0. The average molecular weight is 281 g/mol. The minimum absolute atomic E-state index is 0.0174. The lowest BCUT2D eigenvalue weighted by Crippen LogP contribution is -2.44. The number of rotatable bonds is 3. The van der Waals surface area contributed by atoms with E-state index in [-0.39, 0.29) is 18.0 Å². The molecule has 1 saturated heterocycles. The Balaban J connectivity index is 1.94. The van der Waals surface area contributed by atoms with Crippen LogP contribution in [0.15, 0.2) is 24.3 Å². The number of carbonyl (C=O) groups excluding carboxylic acids is 1. The largest absolute Gasteiger partial charge is 0.348 e. The van der Waals surface area contributed by atoms with Crippen molar-refractivity contribution in [2.24, 2.45) is 0 Å². The Bertz CT molecular complexity index is 428. The van der Waals surface area contributed by atoms with Crippen molar-refractivity contribution in [3.05, 3.63) is 34.9 Å². The highest BCUT2D eigenvalue weighted by Crippen LogP contribution is 2.18. The van der Waals surface area contributed by atoms with Crippen LogP contribution in [-0.4, -0.2) is 18.5 Å². The zero-order valence-electron chi connectivity index (χ0n) is 11.3. The maximum Gasteiger partial charge on any atom is 0.237 e. The van der Waals surface area contributed by atoms with E-state index in [1.165, 1.54) is 6.42 Å². The molecule has 3 nitrogen and oxygen atoms in total. The first kappa shape index (κ1) is 14.4. The second-order valence-corrected chi connectivity index (χ2v) is 5.58. The van der Waals surface area contributed by atoms with Gasteiger partial charge in [0.05, 0.1) is 12.1 Å². The molecule has 0 aromatic heterocycles. The highest BCUT2D eigenvalue weighted by Gasteiger charge is 2.21. The molecule has 1 aromatic carbocycles. The Morgan fingerprint density at radius 2 is 2.26 bits per heavy atom. The highest BCUT2D eigenvalue weighted by atomic mass is 35.5. The summed E-state index contributed by atoms with van der Waals surface area (Å²) in [5.74, 6) is 0.0920. The first-order valence-corrected chi connectivity index (χ1v) is 7.34. The SMILES string of the molecule is CC(NC(=O)C1CCCCCN1)c1cccc(Cl)c1. The van der Waals surface area contributed by atoms with Crippen molar-refractivity contribution in [2.75, 3.05) is 6.54 Å². The summed E-state index contributed by atoms with van der Waals surface area (Å²) < 4.78 is 0. The van der Waals surface area contributed by atoms with Crippen molar-refractivity contribution in [3.63, 3.8) is 0 Å². The quantitative estimate of drug-likeness (QED) is 0.893. The third-order valence-electron chi connectivity index (χ3n) is 3.58. The van der Waals surface area contributed by atoms with Crippen LogP contribution in [-0.2, 0) is 4.79 Å². The average Bonchev–Trinajstić information content (AvgIpc) is 2.67. The van der Waals surface area contributed by atoms with Gasteiger partial charge in [0.2, 0.25) is 5.91 Å². The summed E-state index contributed by atoms with van der Waals surface area (Å²) >= 11 is 5.97. The molecule has 0 spiro atoms. The first-order chi connectivity index (χ1) is 9.16. The second-order valence-electron chi connectivity index (χ2n) is 5.14. The van der Waals surface area contributed by atoms with E-state index in [4.69, 9.17) is 11.6 Å². The molecule has 2 rings (SSSR count). The van der Waals surface area contributed by atoms with Crippen LogP contribution in [0.5, 0.6) is 0 Å². The number of benzene rings is 1. The smallest absolute Gasteiger partial charge is 0.237 e. The summed E-state index contributed by atoms with van der Waals surface area (Å²) in [5, 5.41) is 7.07. The monoisotopic (exact) mass is 280 g/mol. The van der Waals surface area contributed by atoms with E-state index in [1.807, 2.05) is 31.2 Å². The van der Waals surface area contributed by atoms with E-state index in [9.17, 15) is 4.79 Å². The number of amides is 1. The molecule has 104 valence electrons. The fourth-order valence-corrected chi connectivity index (χ4v) is 2.62. The maximum absolute atomic E-state index is 12.2. The van der Waals surface area contributed by atoms with Gasteiger partial charge in [-0.2, -0.15) is 0 Å². The molecule has 0 radical (unpaired) electrons. The number of halogens is 1. The summed E-state index contributed by atoms with van der Waals surface area (Å²) in [6.07, 6.45) is 4.42. The molecule has 2 unspecified atom stereocenters. The Morgan fingerprint density at radius 3 is 3.05 bits per heavy atom. The number of nitrogens with one attached hydrogen (secondary N) is 2. The maximum atomic E-state index is 12.2. The molecule has 1 fully saturated rings. The van der Waals surface area contributed by atoms with Crippen LogP contribution in [0.3, 0.4) is 0 Å². The van der Waals surface area contributed by atoms with Crippen LogP contribution in [0.4, 0.5) is 0 Å². The van der Waals surface area contributed by atoms with Crippen LogP contribution >= 0.6 is 11.6 Å². The van der Waals surface area contributed by atoms with Gasteiger partial charge in [-0.15, -0.1) is 0 Å². The van der Waals surface area contributed by atoms with Crippen LogP contribution in [0.25, 0.3) is 0 Å². The summed E-state index contributed by atoms with van der Waals surface area (Å²) in [6.45, 7) is 2.92. The van der Waals surface area contributed by atoms with Crippen LogP contribution < -0.4 is 10.6 Å². The molecule has 0 saturated carbocycles. The summed E-state index contributed by atoms with van der Waals surface area (Å²) in [6, 6.07) is 7.56. The van der Waals surface area contributed by atoms with Gasteiger partial charge in [-0.05, 0) is 44.0 Å². The number of carbonyl (C=O) groups is 1. The molecule has 1 heterocycles. The molecule has 4 heteroatoms. The minimum atomic E-state index is -0.0517. The summed E-state index contributed by atoms with van der Waals surface area (Å²) in [4.78, 5) is 12.2. The number of hydrogen-bond acceptors (Lipinski definition) is 2. The Labute approximate surface area is 119 Å². The van der Waals surface area contributed by atoms with Gasteiger partial charge in [0.1, 0.15) is 0 Å². The van der Waals surface area contributed by atoms with Crippen molar-refractivity contribution in [1.82, 2.24) is 10.6 Å². The van der Waals surface area contributed by atoms with E-state index in [2.05, 4.69) is 10.6 Å². The van der Waals surface area contributed by atoms with Crippen molar-refractivity contribution >= 4 is 17.5 Å². The van der Waals surface area contributed by atoms with Crippen molar-refractivity contribution < 1.29 is 4.79 Å². The lowest BCUT2D eigenvalue weighted by atomic mass is 10.1. The van der Waals surface area contributed by atoms with Gasteiger partial charge >= 0.3 is 0 Å². The van der Waals surface area contributed by atoms with Crippen molar-refractivity contribution in [3.8, 4) is 0 Å². The van der Waals surface area contributed by atoms with Gasteiger partial charge in [-0.3, -0.25) is 4.79 Å². The number of hydrogen-bond donors (Lipinski definition) is 2. The zero-order chi connectivity index (χ0) is 13.7.